The van der Waals surface area contributed by atoms with E-state index < -0.39 is 11.7 Å². The summed E-state index contributed by atoms with van der Waals surface area (Å²) in [5.41, 5.74) is 1.10. The largest absolute Gasteiger partial charge is 0.371 e. The molecule has 3 aromatic heterocycles. The van der Waals surface area contributed by atoms with Crippen LogP contribution in [0.3, 0.4) is 0 Å². The molecule has 2 bridgehead atoms. The Labute approximate surface area is 189 Å². The molecule has 3 aliphatic heterocycles. The van der Waals surface area contributed by atoms with Gasteiger partial charge in [0.05, 0.1) is 23.1 Å². The van der Waals surface area contributed by atoms with Crippen LogP contribution < -0.4 is 10.2 Å². The number of aryl methyl sites for hydroxylation is 1. The second kappa shape index (κ2) is 7.98. The van der Waals surface area contributed by atoms with Crippen molar-refractivity contribution in [2.24, 2.45) is 0 Å². The lowest BCUT2D eigenvalue weighted by Crippen LogP contribution is -2.57. The summed E-state index contributed by atoms with van der Waals surface area (Å²) < 4.78 is 35.6. The first kappa shape index (κ1) is 21.6. The van der Waals surface area contributed by atoms with Crippen molar-refractivity contribution in [3.05, 3.63) is 29.8 Å². The fourth-order valence-corrected chi connectivity index (χ4v) is 4.20. The highest BCUT2D eigenvalue weighted by Gasteiger charge is 2.40. The van der Waals surface area contributed by atoms with Crippen molar-refractivity contribution in [3.63, 3.8) is 0 Å². The molecule has 6 heterocycles. The zero-order valence-electron chi connectivity index (χ0n) is 18.7. The minimum atomic E-state index is -3.20. The zero-order chi connectivity index (χ0) is 23.3. The van der Waals surface area contributed by atoms with Crippen LogP contribution in [0.15, 0.2) is 18.3 Å². The van der Waals surface area contributed by atoms with E-state index in [9.17, 15) is 13.6 Å². The summed E-state index contributed by atoms with van der Waals surface area (Å²) in [6.07, 6.45) is 3.78. The quantitative estimate of drug-likeness (QED) is 0.607. The molecular weight excluding hydrogens is 432 g/mol. The van der Waals surface area contributed by atoms with Crippen LogP contribution in [0.2, 0.25) is 0 Å². The molecule has 0 aromatic carbocycles. The van der Waals surface area contributed by atoms with Crippen LogP contribution in [0.25, 0.3) is 16.7 Å². The molecule has 9 nitrogen and oxygen atoms in total. The highest BCUT2D eigenvalue weighted by atomic mass is 19.3. The lowest BCUT2D eigenvalue weighted by atomic mass is 9.99. The number of ether oxygens (including phenoxy) is 1. The van der Waals surface area contributed by atoms with Crippen LogP contribution in [-0.4, -0.2) is 55.9 Å². The Hall–Kier alpha value is -3.21. The van der Waals surface area contributed by atoms with E-state index in [-0.39, 0.29) is 23.9 Å². The molecule has 1 N–H and O–H groups in total. The van der Waals surface area contributed by atoms with Crippen molar-refractivity contribution < 1.29 is 18.3 Å². The van der Waals surface area contributed by atoms with Gasteiger partial charge in [0, 0.05) is 56.9 Å². The van der Waals surface area contributed by atoms with Crippen molar-refractivity contribution in [1.82, 2.24) is 24.7 Å². The maximum atomic E-state index is 14.1. The highest BCUT2D eigenvalue weighted by Crippen LogP contribution is 2.36. The Morgan fingerprint density at radius 3 is 2.61 bits per heavy atom. The Morgan fingerprint density at radius 2 is 1.97 bits per heavy atom. The predicted octanol–water partition coefficient (Wildman–Crippen LogP) is 3.21. The van der Waals surface area contributed by atoms with Gasteiger partial charge in [-0.15, -0.1) is 5.10 Å². The number of fused-ring (bicyclic) bond motifs is 3. The van der Waals surface area contributed by atoms with Crippen LogP contribution in [0.4, 0.5) is 20.4 Å². The fourth-order valence-electron chi connectivity index (χ4n) is 4.20. The van der Waals surface area contributed by atoms with Gasteiger partial charge in [-0.3, -0.25) is 4.79 Å². The predicted molar refractivity (Wildman–Crippen MR) is 118 cm³/mol. The van der Waals surface area contributed by atoms with Crippen LogP contribution in [0.1, 0.15) is 45.1 Å². The Kier molecular flexibility index (Phi) is 5.23. The standard InChI is InChI=1S/C22H25F2N7O2/c1-4-12-6-18(28-21(26-12)22(3,23)24)31-16-8-17(27-19(32)5-2)25-9-15(16)20(29-31)30-10-13-7-14(11-30)33-13/h6,8-9,13-14H,4-5,7,10-11H2,1-3H3,(H,25,27,32). The molecule has 0 spiro atoms. The number of aromatic nitrogens is 5. The van der Waals surface area contributed by atoms with E-state index in [4.69, 9.17) is 9.84 Å². The van der Waals surface area contributed by atoms with Gasteiger partial charge in [0.2, 0.25) is 11.7 Å². The van der Waals surface area contributed by atoms with Crippen molar-refractivity contribution >= 4 is 28.4 Å². The van der Waals surface area contributed by atoms with Gasteiger partial charge in [0.1, 0.15) is 5.82 Å². The molecule has 2 unspecified atom stereocenters. The van der Waals surface area contributed by atoms with Crippen molar-refractivity contribution in [1.29, 1.82) is 0 Å². The SMILES string of the molecule is CCC(=O)Nc1cc2c(cn1)c(N1CC3CC(C1)O3)nn2-c1cc(CC)nc(C(C)(F)F)n1. The van der Waals surface area contributed by atoms with Crippen molar-refractivity contribution in [2.45, 2.75) is 58.2 Å². The maximum absolute atomic E-state index is 14.1. The number of hydrogen-bond donors (Lipinski definition) is 1. The van der Waals surface area contributed by atoms with Gasteiger partial charge >= 0.3 is 5.92 Å². The first-order valence-corrected chi connectivity index (χ1v) is 11.1. The Balaban J connectivity index is 1.67. The number of nitrogens with one attached hydrogen (secondary N) is 1. The first-order chi connectivity index (χ1) is 15.7. The lowest BCUT2D eigenvalue weighted by Gasteiger charge is -2.47. The molecule has 3 aromatic rings. The van der Waals surface area contributed by atoms with E-state index in [1.165, 1.54) is 4.68 Å². The second-order valence-electron chi connectivity index (χ2n) is 8.53. The zero-order valence-corrected chi connectivity index (χ0v) is 18.7. The molecule has 3 aliphatic rings. The van der Waals surface area contributed by atoms with Gasteiger partial charge in [-0.1, -0.05) is 13.8 Å². The topological polar surface area (TPSA) is 98.1 Å². The summed E-state index contributed by atoms with van der Waals surface area (Å²) in [6.45, 7) is 5.76. The van der Waals surface area contributed by atoms with Gasteiger partial charge in [0.25, 0.3) is 0 Å². The van der Waals surface area contributed by atoms with E-state index in [2.05, 4.69) is 25.2 Å². The number of halogens is 2. The minimum Gasteiger partial charge on any atom is -0.371 e. The average Bonchev–Trinajstić information content (AvgIpc) is 3.16. The number of pyridine rings is 1. The summed E-state index contributed by atoms with van der Waals surface area (Å²) in [6, 6.07) is 3.35. The average molecular weight is 457 g/mol. The van der Waals surface area contributed by atoms with E-state index in [0.29, 0.717) is 48.8 Å². The molecule has 0 radical (unpaired) electrons. The number of alkyl halides is 2. The highest BCUT2D eigenvalue weighted by molar-refractivity contribution is 5.95. The number of anilines is 2. The van der Waals surface area contributed by atoms with Gasteiger partial charge in [-0.25, -0.2) is 19.6 Å². The molecule has 3 fully saturated rings. The van der Waals surface area contributed by atoms with Crippen LogP contribution >= 0.6 is 0 Å². The summed E-state index contributed by atoms with van der Waals surface area (Å²) in [5.74, 6) is -2.64. The number of carbonyl (C=O) groups excluding carboxylic acids is 1. The minimum absolute atomic E-state index is 0.163. The fraction of sp³-hybridized carbons (Fsp3) is 0.500. The van der Waals surface area contributed by atoms with Crippen LogP contribution in [0, 0.1) is 0 Å². The number of rotatable bonds is 6. The number of piperidine rings is 1. The third-order valence-corrected chi connectivity index (χ3v) is 5.93. The molecular formula is C22H25F2N7O2. The molecule has 3 saturated heterocycles. The summed E-state index contributed by atoms with van der Waals surface area (Å²) in [7, 11) is 0. The first-order valence-electron chi connectivity index (χ1n) is 11.1. The van der Waals surface area contributed by atoms with E-state index in [1.807, 2.05) is 6.92 Å². The van der Waals surface area contributed by atoms with Crippen molar-refractivity contribution in [3.8, 4) is 5.82 Å². The number of hydrogen-bond acceptors (Lipinski definition) is 7. The Bertz CT molecular complexity index is 1210. The van der Waals surface area contributed by atoms with Gasteiger partial charge in [-0.2, -0.15) is 8.78 Å². The molecule has 33 heavy (non-hydrogen) atoms. The molecule has 11 heteroatoms. The smallest absolute Gasteiger partial charge is 0.303 e. The monoisotopic (exact) mass is 457 g/mol. The third kappa shape index (κ3) is 4.01. The molecule has 1 amide bonds. The lowest BCUT2D eigenvalue weighted by molar-refractivity contribution is -0.133. The van der Waals surface area contributed by atoms with Gasteiger partial charge < -0.3 is 15.0 Å². The number of carbonyl (C=O) groups is 1. The van der Waals surface area contributed by atoms with Crippen molar-refractivity contribution in [2.75, 3.05) is 23.3 Å². The van der Waals surface area contributed by atoms with Crippen LogP contribution in [0.5, 0.6) is 0 Å². The summed E-state index contributed by atoms with van der Waals surface area (Å²) in [4.78, 5) is 26.6. The van der Waals surface area contributed by atoms with E-state index >= 15 is 0 Å². The number of nitrogens with zero attached hydrogens (tertiary/aromatic N) is 6. The van der Waals surface area contributed by atoms with E-state index in [1.54, 1.807) is 25.3 Å². The number of morpholine rings is 1. The Morgan fingerprint density at radius 1 is 1.24 bits per heavy atom. The summed E-state index contributed by atoms with van der Waals surface area (Å²) >= 11 is 0. The number of amides is 1. The summed E-state index contributed by atoms with van der Waals surface area (Å²) in [5, 5.41) is 8.27. The van der Waals surface area contributed by atoms with E-state index in [0.717, 1.165) is 18.7 Å². The maximum Gasteiger partial charge on any atom is 0.303 e. The molecule has 174 valence electrons. The molecule has 0 saturated carbocycles. The molecule has 0 aliphatic carbocycles. The normalized spacial score (nSPS) is 20.1. The molecule has 2 atom stereocenters. The van der Waals surface area contributed by atoms with Gasteiger partial charge in [-0.05, 0) is 6.42 Å². The van der Waals surface area contributed by atoms with Crippen LogP contribution in [-0.2, 0) is 21.9 Å². The third-order valence-electron chi connectivity index (χ3n) is 5.93. The van der Waals surface area contributed by atoms with Gasteiger partial charge in [0.15, 0.2) is 11.6 Å². The second-order valence-corrected chi connectivity index (χ2v) is 8.53. The molecule has 6 rings (SSSR count).